The van der Waals surface area contributed by atoms with Crippen LogP contribution in [0.4, 0.5) is 0 Å². The SMILES string of the molecule is CN(CCCC(=O)O)CCc1ccc[nH]1. The zero-order valence-electron chi connectivity index (χ0n) is 9.07. The second-order valence-corrected chi connectivity index (χ2v) is 3.75. The number of likely N-dealkylation sites (N-methyl/N-ethyl adjacent to an activating group) is 1. The molecule has 1 heterocycles. The van der Waals surface area contributed by atoms with E-state index in [1.807, 2.05) is 19.3 Å². The molecule has 0 spiro atoms. The minimum atomic E-state index is -0.715. The van der Waals surface area contributed by atoms with Gasteiger partial charge in [-0.25, -0.2) is 0 Å². The maximum atomic E-state index is 10.3. The van der Waals surface area contributed by atoms with Gasteiger partial charge in [-0.05, 0) is 32.1 Å². The standard InChI is InChI=1S/C11H18N2O2/c1-13(8-3-5-11(14)15)9-6-10-4-2-7-12-10/h2,4,7,12H,3,5-6,8-9H2,1H3,(H,14,15). The second-order valence-electron chi connectivity index (χ2n) is 3.75. The number of carboxylic acid groups (broad SMARTS) is 1. The number of H-pyrrole nitrogens is 1. The predicted octanol–water partition coefficient (Wildman–Crippen LogP) is 1.35. The van der Waals surface area contributed by atoms with Crippen LogP contribution < -0.4 is 0 Å². The van der Waals surface area contributed by atoms with E-state index >= 15 is 0 Å². The zero-order chi connectivity index (χ0) is 11.1. The molecule has 1 aromatic rings. The van der Waals surface area contributed by atoms with Crippen molar-refractivity contribution in [2.45, 2.75) is 19.3 Å². The van der Waals surface area contributed by atoms with Crippen molar-refractivity contribution < 1.29 is 9.90 Å². The summed E-state index contributed by atoms with van der Waals surface area (Å²) in [6.07, 6.45) is 3.87. The maximum absolute atomic E-state index is 10.3. The van der Waals surface area contributed by atoms with Gasteiger partial charge in [0.05, 0.1) is 0 Å². The highest BCUT2D eigenvalue weighted by molar-refractivity contribution is 5.66. The van der Waals surface area contributed by atoms with Gasteiger partial charge in [0.25, 0.3) is 0 Å². The Morgan fingerprint density at radius 2 is 2.33 bits per heavy atom. The van der Waals surface area contributed by atoms with Gasteiger partial charge < -0.3 is 15.0 Å². The van der Waals surface area contributed by atoms with E-state index < -0.39 is 5.97 Å². The molecular weight excluding hydrogens is 192 g/mol. The summed E-state index contributed by atoms with van der Waals surface area (Å²) < 4.78 is 0. The van der Waals surface area contributed by atoms with Crippen molar-refractivity contribution in [2.75, 3.05) is 20.1 Å². The topological polar surface area (TPSA) is 56.3 Å². The first-order chi connectivity index (χ1) is 7.18. The molecule has 0 saturated heterocycles. The van der Waals surface area contributed by atoms with Crippen LogP contribution in [0, 0.1) is 0 Å². The van der Waals surface area contributed by atoms with Crippen LogP contribution in [0.15, 0.2) is 18.3 Å². The molecule has 0 aliphatic rings. The van der Waals surface area contributed by atoms with Crippen LogP contribution >= 0.6 is 0 Å². The molecule has 0 bridgehead atoms. The van der Waals surface area contributed by atoms with E-state index in [-0.39, 0.29) is 6.42 Å². The number of nitrogens with zero attached hydrogens (tertiary/aromatic N) is 1. The van der Waals surface area contributed by atoms with Gasteiger partial charge in [-0.3, -0.25) is 4.79 Å². The Morgan fingerprint density at radius 3 is 2.93 bits per heavy atom. The van der Waals surface area contributed by atoms with E-state index in [4.69, 9.17) is 5.11 Å². The van der Waals surface area contributed by atoms with E-state index in [9.17, 15) is 4.79 Å². The van der Waals surface area contributed by atoms with Crippen molar-refractivity contribution in [3.05, 3.63) is 24.0 Å². The van der Waals surface area contributed by atoms with E-state index in [2.05, 4.69) is 16.0 Å². The molecule has 0 aliphatic heterocycles. The third-order valence-electron chi connectivity index (χ3n) is 2.36. The van der Waals surface area contributed by atoms with Gasteiger partial charge in [0, 0.05) is 31.3 Å². The minimum absolute atomic E-state index is 0.257. The lowest BCUT2D eigenvalue weighted by molar-refractivity contribution is -0.137. The molecule has 0 unspecified atom stereocenters. The number of rotatable bonds is 7. The Balaban J connectivity index is 2.08. The van der Waals surface area contributed by atoms with Crippen LogP contribution in [0.25, 0.3) is 0 Å². The van der Waals surface area contributed by atoms with Gasteiger partial charge in [-0.1, -0.05) is 0 Å². The number of aromatic amines is 1. The number of aliphatic carboxylic acids is 1. The average molecular weight is 210 g/mol. The average Bonchev–Trinajstić information content (AvgIpc) is 2.66. The fourth-order valence-corrected chi connectivity index (χ4v) is 1.45. The Hall–Kier alpha value is -1.29. The number of hydrogen-bond acceptors (Lipinski definition) is 2. The fraction of sp³-hybridized carbons (Fsp3) is 0.545. The van der Waals surface area contributed by atoms with Gasteiger partial charge in [-0.15, -0.1) is 0 Å². The molecule has 84 valence electrons. The molecule has 1 aromatic heterocycles. The summed E-state index contributed by atoms with van der Waals surface area (Å²) in [5.74, 6) is -0.715. The lowest BCUT2D eigenvalue weighted by atomic mass is 10.2. The Labute approximate surface area is 89.9 Å². The Bertz CT molecular complexity index is 283. The Kier molecular flexibility index (Phi) is 4.90. The number of carboxylic acids is 1. The molecule has 4 heteroatoms. The fourth-order valence-electron chi connectivity index (χ4n) is 1.45. The van der Waals surface area contributed by atoms with Crippen molar-refractivity contribution in [2.24, 2.45) is 0 Å². The van der Waals surface area contributed by atoms with E-state index in [0.717, 1.165) is 25.9 Å². The zero-order valence-corrected chi connectivity index (χ0v) is 9.07. The predicted molar refractivity (Wildman–Crippen MR) is 58.9 cm³/mol. The third kappa shape index (κ3) is 5.22. The lowest BCUT2D eigenvalue weighted by Crippen LogP contribution is -2.23. The Morgan fingerprint density at radius 1 is 1.53 bits per heavy atom. The number of aromatic nitrogens is 1. The molecule has 15 heavy (non-hydrogen) atoms. The summed E-state index contributed by atoms with van der Waals surface area (Å²) in [6, 6.07) is 4.05. The molecule has 0 aliphatic carbocycles. The van der Waals surface area contributed by atoms with Gasteiger partial charge in [0.15, 0.2) is 0 Å². The molecule has 1 rings (SSSR count). The summed E-state index contributed by atoms with van der Waals surface area (Å²) in [7, 11) is 2.02. The highest BCUT2D eigenvalue weighted by Gasteiger charge is 2.01. The van der Waals surface area contributed by atoms with Crippen molar-refractivity contribution in [1.29, 1.82) is 0 Å². The highest BCUT2D eigenvalue weighted by atomic mass is 16.4. The number of carbonyl (C=O) groups is 1. The van der Waals surface area contributed by atoms with Crippen molar-refractivity contribution >= 4 is 5.97 Å². The van der Waals surface area contributed by atoms with Crippen LogP contribution in [0.3, 0.4) is 0 Å². The highest BCUT2D eigenvalue weighted by Crippen LogP contribution is 1.98. The van der Waals surface area contributed by atoms with Gasteiger partial charge in [-0.2, -0.15) is 0 Å². The molecule has 2 N–H and O–H groups in total. The number of hydrogen-bond donors (Lipinski definition) is 2. The summed E-state index contributed by atoms with van der Waals surface area (Å²) >= 11 is 0. The summed E-state index contributed by atoms with van der Waals surface area (Å²) in [5, 5.41) is 8.48. The summed E-state index contributed by atoms with van der Waals surface area (Å²) in [6.45, 7) is 1.80. The first-order valence-electron chi connectivity index (χ1n) is 5.21. The molecule has 0 aromatic carbocycles. The van der Waals surface area contributed by atoms with Gasteiger partial charge in [0.1, 0.15) is 0 Å². The van der Waals surface area contributed by atoms with Gasteiger partial charge >= 0.3 is 5.97 Å². The molecule has 0 radical (unpaired) electrons. The van der Waals surface area contributed by atoms with Crippen LogP contribution in [0.1, 0.15) is 18.5 Å². The van der Waals surface area contributed by atoms with Crippen LogP contribution in [-0.4, -0.2) is 41.1 Å². The van der Waals surface area contributed by atoms with Crippen LogP contribution in [0.5, 0.6) is 0 Å². The van der Waals surface area contributed by atoms with Crippen molar-refractivity contribution in [1.82, 2.24) is 9.88 Å². The second kappa shape index (κ2) is 6.24. The molecular formula is C11H18N2O2. The lowest BCUT2D eigenvalue weighted by Gasteiger charge is -2.15. The quantitative estimate of drug-likeness (QED) is 0.714. The molecule has 0 amide bonds. The van der Waals surface area contributed by atoms with E-state index in [0.29, 0.717) is 0 Å². The monoisotopic (exact) mass is 210 g/mol. The van der Waals surface area contributed by atoms with Gasteiger partial charge in [0.2, 0.25) is 0 Å². The first kappa shape index (κ1) is 11.8. The first-order valence-corrected chi connectivity index (χ1v) is 5.21. The molecule has 0 fully saturated rings. The van der Waals surface area contributed by atoms with E-state index in [1.165, 1.54) is 5.69 Å². The maximum Gasteiger partial charge on any atom is 0.303 e. The number of nitrogens with one attached hydrogen (secondary N) is 1. The normalized spacial score (nSPS) is 10.8. The van der Waals surface area contributed by atoms with Crippen molar-refractivity contribution in [3.63, 3.8) is 0 Å². The minimum Gasteiger partial charge on any atom is -0.481 e. The van der Waals surface area contributed by atoms with Crippen LogP contribution in [-0.2, 0) is 11.2 Å². The van der Waals surface area contributed by atoms with Crippen LogP contribution in [0.2, 0.25) is 0 Å². The van der Waals surface area contributed by atoms with Crippen molar-refractivity contribution in [3.8, 4) is 0 Å². The smallest absolute Gasteiger partial charge is 0.303 e. The summed E-state index contributed by atoms with van der Waals surface area (Å²) in [5.41, 5.74) is 1.22. The summed E-state index contributed by atoms with van der Waals surface area (Å²) in [4.78, 5) is 15.6. The molecule has 0 saturated carbocycles. The van der Waals surface area contributed by atoms with E-state index in [1.54, 1.807) is 0 Å². The molecule has 4 nitrogen and oxygen atoms in total. The molecule has 0 atom stereocenters. The third-order valence-corrected chi connectivity index (χ3v) is 2.36. The largest absolute Gasteiger partial charge is 0.481 e.